The molecular weight excluding hydrogens is 406 g/mol. The Morgan fingerprint density at radius 1 is 1.14 bits per heavy atom. The molecule has 146 valence electrons. The summed E-state index contributed by atoms with van der Waals surface area (Å²) in [5.41, 5.74) is 0.408. The highest BCUT2D eigenvalue weighted by molar-refractivity contribution is 7.89. The standard InChI is InChI=1S/C18H16ClN3O5S/c19-14-7-6-13(11-20)16(10-14)22-17(23)12-27-18(24)8-9-21-28(25,26)15-4-2-1-3-5-15/h1-7,10,21H,8-9,12H2,(H,22,23). The van der Waals surface area contributed by atoms with Crippen LogP contribution in [0.4, 0.5) is 5.69 Å². The van der Waals surface area contributed by atoms with E-state index < -0.39 is 28.5 Å². The number of hydrogen-bond acceptors (Lipinski definition) is 6. The van der Waals surface area contributed by atoms with E-state index in [1.807, 2.05) is 6.07 Å². The van der Waals surface area contributed by atoms with Crippen LogP contribution in [0.2, 0.25) is 5.02 Å². The van der Waals surface area contributed by atoms with Crippen molar-refractivity contribution in [3.05, 3.63) is 59.1 Å². The fourth-order valence-corrected chi connectivity index (χ4v) is 3.32. The Balaban J connectivity index is 1.78. The topological polar surface area (TPSA) is 125 Å². The molecule has 0 saturated heterocycles. The van der Waals surface area contributed by atoms with Crippen LogP contribution in [-0.2, 0) is 24.3 Å². The van der Waals surface area contributed by atoms with Crippen LogP contribution in [0.5, 0.6) is 0 Å². The predicted molar refractivity (Wildman–Crippen MR) is 102 cm³/mol. The van der Waals surface area contributed by atoms with E-state index in [2.05, 4.69) is 10.0 Å². The number of nitrogens with one attached hydrogen (secondary N) is 2. The molecule has 8 nitrogen and oxygen atoms in total. The number of hydrogen-bond donors (Lipinski definition) is 2. The van der Waals surface area contributed by atoms with Crippen molar-refractivity contribution in [1.82, 2.24) is 4.72 Å². The van der Waals surface area contributed by atoms with Gasteiger partial charge in [0.1, 0.15) is 6.07 Å². The lowest BCUT2D eigenvalue weighted by Crippen LogP contribution is -2.28. The number of carbonyl (C=O) groups excluding carboxylic acids is 2. The van der Waals surface area contributed by atoms with Crippen molar-refractivity contribution in [2.45, 2.75) is 11.3 Å². The quantitative estimate of drug-likeness (QED) is 0.628. The molecule has 2 rings (SSSR count). The molecule has 0 aliphatic heterocycles. The Hall–Kier alpha value is -2.93. The van der Waals surface area contributed by atoms with Crippen molar-refractivity contribution in [3.8, 4) is 6.07 Å². The van der Waals surface area contributed by atoms with Gasteiger partial charge >= 0.3 is 5.97 Å². The number of amides is 1. The van der Waals surface area contributed by atoms with Crippen LogP contribution in [0.15, 0.2) is 53.4 Å². The number of nitrogens with zero attached hydrogens (tertiary/aromatic N) is 1. The number of sulfonamides is 1. The molecule has 0 aliphatic rings. The van der Waals surface area contributed by atoms with Gasteiger partial charge in [0, 0.05) is 11.6 Å². The third-order valence-electron chi connectivity index (χ3n) is 3.42. The van der Waals surface area contributed by atoms with Crippen LogP contribution in [0.25, 0.3) is 0 Å². The van der Waals surface area contributed by atoms with Gasteiger partial charge in [-0.2, -0.15) is 5.26 Å². The fourth-order valence-electron chi connectivity index (χ4n) is 2.09. The maximum absolute atomic E-state index is 12.0. The van der Waals surface area contributed by atoms with E-state index in [4.69, 9.17) is 21.6 Å². The second-order valence-corrected chi connectivity index (χ2v) is 7.67. The first kappa shape index (κ1) is 21.4. The molecule has 0 heterocycles. The zero-order chi connectivity index (χ0) is 20.6. The third kappa shape index (κ3) is 6.35. The van der Waals surface area contributed by atoms with Crippen molar-refractivity contribution >= 4 is 39.2 Å². The minimum atomic E-state index is -3.72. The van der Waals surface area contributed by atoms with Gasteiger partial charge in [-0.05, 0) is 30.3 Å². The highest BCUT2D eigenvalue weighted by Gasteiger charge is 2.15. The summed E-state index contributed by atoms with van der Waals surface area (Å²) in [6, 6.07) is 14.0. The molecular formula is C18H16ClN3O5S. The summed E-state index contributed by atoms with van der Waals surface area (Å²) < 4.78 is 31.1. The van der Waals surface area contributed by atoms with E-state index >= 15 is 0 Å². The SMILES string of the molecule is N#Cc1ccc(Cl)cc1NC(=O)COC(=O)CCNS(=O)(=O)c1ccccc1. The molecule has 0 saturated carbocycles. The van der Waals surface area contributed by atoms with Crippen LogP contribution in [-0.4, -0.2) is 33.4 Å². The number of halogens is 1. The summed E-state index contributed by atoms with van der Waals surface area (Å²) in [6.45, 7) is -0.758. The molecule has 0 bridgehead atoms. The van der Waals surface area contributed by atoms with Gasteiger partial charge in [-0.25, -0.2) is 13.1 Å². The zero-order valence-corrected chi connectivity index (χ0v) is 16.1. The number of esters is 1. The average Bonchev–Trinajstić information content (AvgIpc) is 2.67. The number of anilines is 1. The number of rotatable bonds is 8. The maximum Gasteiger partial charge on any atom is 0.307 e. The second-order valence-electron chi connectivity index (χ2n) is 5.47. The van der Waals surface area contributed by atoms with E-state index in [1.165, 1.54) is 30.3 Å². The summed E-state index contributed by atoms with van der Waals surface area (Å²) in [4.78, 5) is 23.6. The second kappa shape index (κ2) is 9.85. The maximum atomic E-state index is 12.0. The lowest BCUT2D eigenvalue weighted by atomic mass is 10.2. The monoisotopic (exact) mass is 421 g/mol. The average molecular weight is 422 g/mol. The van der Waals surface area contributed by atoms with Crippen LogP contribution in [0, 0.1) is 11.3 Å². The first-order valence-electron chi connectivity index (χ1n) is 8.01. The first-order chi connectivity index (χ1) is 13.3. The summed E-state index contributed by atoms with van der Waals surface area (Å²) >= 11 is 5.82. The molecule has 0 aromatic heterocycles. The van der Waals surface area contributed by atoms with Crippen LogP contribution < -0.4 is 10.0 Å². The normalized spacial score (nSPS) is 10.7. The highest BCUT2D eigenvalue weighted by Crippen LogP contribution is 2.20. The predicted octanol–water partition coefficient (Wildman–Crippen LogP) is 2.06. The number of nitriles is 1. The van der Waals surface area contributed by atoms with Gasteiger partial charge in [-0.15, -0.1) is 0 Å². The Labute approximate surface area is 167 Å². The number of ether oxygens (including phenoxy) is 1. The molecule has 0 aliphatic carbocycles. The minimum absolute atomic E-state index is 0.0811. The molecule has 28 heavy (non-hydrogen) atoms. The van der Waals surface area contributed by atoms with E-state index in [-0.39, 0.29) is 29.1 Å². The van der Waals surface area contributed by atoms with Gasteiger partial charge in [0.05, 0.1) is 22.6 Å². The summed E-state index contributed by atoms with van der Waals surface area (Å²) in [7, 11) is -3.72. The van der Waals surface area contributed by atoms with Crippen molar-refractivity contribution in [1.29, 1.82) is 5.26 Å². The highest BCUT2D eigenvalue weighted by atomic mass is 35.5. The van der Waals surface area contributed by atoms with Gasteiger partial charge < -0.3 is 10.1 Å². The Kier molecular flexibility index (Phi) is 7.52. The van der Waals surface area contributed by atoms with Crippen LogP contribution in [0.3, 0.4) is 0 Å². The molecule has 0 atom stereocenters. The van der Waals surface area contributed by atoms with Crippen molar-refractivity contribution in [2.24, 2.45) is 0 Å². The molecule has 0 spiro atoms. The van der Waals surface area contributed by atoms with Crippen molar-refractivity contribution in [2.75, 3.05) is 18.5 Å². The van der Waals surface area contributed by atoms with Gasteiger partial charge in [-0.1, -0.05) is 29.8 Å². The number of carbonyl (C=O) groups is 2. The summed E-state index contributed by atoms with van der Waals surface area (Å²) in [5, 5.41) is 11.8. The summed E-state index contributed by atoms with van der Waals surface area (Å²) in [5.74, 6) is -1.41. The lowest BCUT2D eigenvalue weighted by molar-refractivity contribution is -0.147. The molecule has 0 unspecified atom stereocenters. The third-order valence-corrected chi connectivity index (χ3v) is 5.13. The van der Waals surface area contributed by atoms with Gasteiger partial charge in [-0.3, -0.25) is 9.59 Å². The minimum Gasteiger partial charge on any atom is -0.456 e. The van der Waals surface area contributed by atoms with Crippen LogP contribution in [0.1, 0.15) is 12.0 Å². The van der Waals surface area contributed by atoms with Gasteiger partial charge in [0.15, 0.2) is 6.61 Å². The smallest absolute Gasteiger partial charge is 0.307 e. The molecule has 2 N–H and O–H groups in total. The molecule has 0 fully saturated rings. The van der Waals surface area contributed by atoms with Crippen molar-refractivity contribution < 1.29 is 22.7 Å². The van der Waals surface area contributed by atoms with Gasteiger partial charge in [0.25, 0.3) is 5.91 Å². The van der Waals surface area contributed by atoms with Crippen molar-refractivity contribution in [3.63, 3.8) is 0 Å². The van der Waals surface area contributed by atoms with E-state index in [0.717, 1.165) is 0 Å². The lowest BCUT2D eigenvalue weighted by Gasteiger charge is -2.09. The van der Waals surface area contributed by atoms with E-state index in [9.17, 15) is 18.0 Å². The van der Waals surface area contributed by atoms with Crippen LogP contribution >= 0.6 is 11.6 Å². The molecule has 2 aromatic rings. The Morgan fingerprint density at radius 3 is 2.54 bits per heavy atom. The Morgan fingerprint density at radius 2 is 1.86 bits per heavy atom. The first-order valence-corrected chi connectivity index (χ1v) is 9.88. The molecule has 0 radical (unpaired) electrons. The van der Waals surface area contributed by atoms with E-state index in [1.54, 1.807) is 18.2 Å². The molecule has 1 amide bonds. The molecule has 2 aromatic carbocycles. The molecule has 10 heteroatoms. The fraction of sp³-hybridized carbons (Fsp3) is 0.167. The van der Waals surface area contributed by atoms with E-state index in [0.29, 0.717) is 5.02 Å². The zero-order valence-electron chi connectivity index (χ0n) is 14.5. The summed E-state index contributed by atoms with van der Waals surface area (Å²) in [6.07, 6.45) is -0.250. The Bertz CT molecular complexity index is 1000. The largest absolute Gasteiger partial charge is 0.456 e. The number of benzene rings is 2. The van der Waals surface area contributed by atoms with Gasteiger partial charge in [0.2, 0.25) is 10.0 Å².